The Kier molecular flexibility index (Phi) is 10.8. The maximum absolute atomic E-state index is 6.56. The van der Waals surface area contributed by atoms with E-state index in [1.807, 2.05) is 0 Å². The summed E-state index contributed by atoms with van der Waals surface area (Å²) in [6.07, 6.45) is 0. The summed E-state index contributed by atoms with van der Waals surface area (Å²) in [5.74, 6) is 0. The Labute approximate surface area is 419 Å². The number of nitrogens with zero attached hydrogens (tertiary/aromatic N) is 1. The van der Waals surface area contributed by atoms with Crippen molar-refractivity contribution in [1.82, 2.24) is 0 Å². The molecular formula is C67H56BNO2. The highest BCUT2D eigenvalue weighted by atomic mass is 16.7. The standard InChI is InChI=1S/C67H56BNO2/c1-65(2)57-30-19-18-29-56(57)64-58(65)31-20-32-59(64)69(52-41-35-46(36-42-52)45-21-10-7-11-22-45)53-43-37-50(38-44-53)63-61(48-25-14-9-15-26-48)55-28-17-16-27-54(55)60(47-23-12-8-13-24-47)62(63)49-33-39-51(40-34-49)68-70-66(3,4)67(5,6)71-68/h7-44H,1-6H3. The second-order valence-electron chi connectivity index (χ2n) is 20.7. The first-order chi connectivity index (χ1) is 34.5. The van der Waals surface area contributed by atoms with Crippen LogP contribution in [-0.4, -0.2) is 18.3 Å². The van der Waals surface area contributed by atoms with Crippen molar-refractivity contribution in [2.45, 2.75) is 58.2 Å². The molecule has 12 rings (SSSR count). The van der Waals surface area contributed by atoms with Crippen LogP contribution in [0.5, 0.6) is 0 Å². The zero-order valence-electron chi connectivity index (χ0n) is 41.3. The second-order valence-corrected chi connectivity index (χ2v) is 20.7. The van der Waals surface area contributed by atoms with Gasteiger partial charge in [0.25, 0.3) is 0 Å². The molecule has 1 heterocycles. The Balaban J connectivity index is 1.09. The van der Waals surface area contributed by atoms with Gasteiger partial charge in [-0.05, 0) is 147 Å². The van der Waals surface area contributed by atoms with Crippen molar-refractivity contribution in [2.24, 2.45) is 0 Å². The first-order valence-electron chi connectivity index (χ1n) is 24.9. The van der Waals surface area contributed by atoms with Gasteiger partial charge in [0.15, 0.2) is 0 Å². The van der Waals surface area contributed by atoms with Crippen molar-refractivity contribution in [2.75, 3.05) is 4.90 Å². The van der Waals surface area contributed by atoms with E-state index < -0.39 is 18.3 Å². The molecule has 10 aromatic carbocycles. The quantitative estimate of drug-likeness (QED) is 0.135. The van der Waals surface area contributed by atoms with Gasteiger partial charge in [-0.3, -0.25) is 0 Å². The van der Waals surface area contributed by atoms with Crippen LogP contribution in [0.15, 0.2) is 231 Å². The molecule has 0 unspecified atom stereocenters. The van der Waals surface area contributed by atoms with Crippen LogP contribution in [0.25, 0.3) is 77.5 Å². The molecular weight excluding hydrogens is 862 g/mol. The Morgan fingerprint density at radius 2 is 0.718 bits per heavy atom. The topological polar surface area (TPSA) is 21.7 Å². The minimum atomic E-state index is -0.464. The molecule has 0 amide bonds. The van der Waals surface area contributed by atoms with Crippen LogP contribution in [-0.2, 0) is 14.7 Å². The van der Waals surface area contributed by atoms with Crippen molar-refractivity contribution in [1.29, 1.82) is 0 Å². The fourth-order valence-corrected chi connectivity index (χ4v) is 11.2. The molecule has 0 N–H and O–H groups in total. The van der Waals surface area contributed by atoms with Crippen LogP contribution >= 0.6 is 0 Å². The zero-order chi connectivity index (χ0) is 48.5. The maximum atomic E-state index is 6.56. The number of hydrogen-bond donors (Lipinski definition) is 0. The first kappa shape index (κ1) is 44.5. The number of fused-ring (bicyclic) bond motifs is 4. The molecule has 0 spiro atoms. The summed E-state index contributed by atoms with van der Waals surface area (Å²) in [4.78, 5) is 2.46. The van der Waals surface area contributed by atoms with E-state index in [0.717, 1.165) is 39.2 Å². The molecule has 0 saturated carbocycles. The van der Waals surface area contributed by atoms with Gasteiger partial charge in [-0.25, -0.2) is 0 Å². The first-order valence-corrected chi connectivity index (χ1v) is 24.9. The van der Waals surface area contributed by atoms with E-state index in [4.69, 9.17) is 9.31 Å². The highest BCUT2D eigenvalue weighted by Crippen LogP contribution is 2.55. The number of rotatable bonds is 9. The van der Waals surface area contributed by atoms with E-state index in [9.17, 15) is 0 Å². The molecule has 0 bridgehead atoms. The Morgan fingerprint density at radius 3 is 1.24 bits per heavy atom. The van der Waals surface area contributed by atoms with Gasteiger partial charge in [0.05, 0.1) is 16.9 Å². The van der Waals surface area contributed by atoms with Crippen LogP contribution in [0, 0.1) is 0 Å². The van der Waals surface area contributed by atoms with Crippen LogP contribution in [0.4, 0.5) is 17.1 Å². The van der Waals surface area contributed by atoms with Crippen molar-refractivity contribution in [3.05, 3.63) is 242 Å². The average Bonchev–Trinajstić information content (AvgIpc) is 3.79. The highest BCUT2D eigenvalue weighted by Gasteiger charge is 2.51. The lowest BCUT2D eigenvalue weighted by Crippen LogP contribution is -2.41. The monoisotopic (exact) mass is 917 g/mol. The smallest absolute Gasteiger partial charge is 0.399 e. The predicted octanol–water partition coefficient (Wildman–Crippen LogP) is 17.3. The van der Waals surface area contributed by atoms with E-state index in [0.29, 0.717) is 0 Å². The molecule has 0 aromatic heterocycles. The lowest BCUT2D eigenvalue weighted by molar-refractivity contribution is 0.00578. The van der Waals surface area contributed by atoms with Crippen molar-refractivity contribution >= 4 is 40.4 Å². The fraction of sp³-hybridized carbons (Fsp3) is 0.134. The van der Waals surface area contributed by atoms with Crippen LogP contribution < -0.4 is 10.4 Å². The lowest BCUT2D eigenvalue weighted by atomic mass is 9.76. The van der Waals surface area contributed by atoms with Gasteiger partial charge in [-0.15, -0.1) is 0 Å². The normalized spacial score (nSPS) is 15.1. The molecule has 0 radical (unpaired) electrons. The summed E-state index contributed by atoms with van der Waals surface area (Å²) in [5, 5.41) is 2.41. The van der Waals surface area contributed by atoms with E-state index >= 15 is 0 Å². The molecule has 1 fully saturated rings. The summed E-state index contributed by atoms with van der Waals surface area (Å²) >= 11 is 0. The minimum Gasteiger partial charge on any atom is -0.399 e. The van der Waals surface area contributed by atoms with E-state index in [1.54, 1.807) is 0 Å². The van der Waals surface area contributed by atoms with Gasteiger partial charge in [-0.1, -0.05) is 214 Å². The van der Waals surface area contributed by atoms with Gasteiger partial charge in [-0.2, -0.15) is 0 Å². The SMILES string of the molecule is CC1(C)c2ccccc2-c2c(N(c3ccc(-c4ccccc4)cc3)c3ccc(-c4c(-c5ccc(B6OC(C)(C)C(C)(C)O6)cc5)c(-c5ccccc5)c5ccccc5c4-c4ccccc4)cc3)cccc21. The molecule has 1 saturated heterocycles. The summed E-state index contributed by atoms with van der Waals surface area (Å²) in [6.45, 7) is 13.2. The summed E-state index contributed by atoms with van der Waals surface area (Å²) in [7, 11) is -0.464. The predicted molar refractivity (Wildman–Crippen MR) is 299 cm³/mol. The minimum absolute atomic E-state index is 0.145. The third-order valence-electron chi connectivity index (χ3n) is 15.5. The third-order valence-corrected chi connectivity index (χ3v) is 15.5. The summed E-state index contributed by atoms with van der Waals surface area (Å²) in [5.41, 5.74) is 20.3. The largest absolute Gasteiger partial charge is 0.494 e. The number of anilines is 3. The number of hydrogen-bond acceptors (Lipinski definition) is 3. The molecule has 10 aromatic rings. The molecule has 71 heavy (non-hydrogen) atoms. The second kappa shape index (κ2) is 17.3. The molecule has 4 heteroatoms. The zero-order valence-corrected chi connectivity index (χ0v) is 41.3. The summed E-state index contributed by atoms with van der Waals surface area (Å²) < 4.78 is 13.1. The molecule has 1 aliphatic carbocycles. The van der Waals surface area contributed by atoms with Gasteiger partial charge < -0.3 is 14.2 Å². The molecule has 2 aliphatic rings. The summed E-state index contributed by atoms with van der Waals surface area (Å²) in [6, 6.07) is 84.5. The third kappa shape index (κ3) is 7.53. The average molecular weight is 918 g/mol. The van der Waals surface area contributed by atoms with Gasteiger partial charge in [0.1, 0.15) is 0 Å². The molecule has 344 valence electrons. The van der Waals surface area contributed by atoms with Crippen LogP contribution in [0.3, 0.4) is 0 Å². The van der Waals surface area contributed by atoms with Crippen LogP contribution in [0.2, 0.25) is 0 Å². The molecule has 0 atom stereocenters. The Morgan fingerprint density at radius 1 is 0.324 bits per heavy atom. The molecule has 3 nitrogen and oxygen atoms in total. The highest BCUT2D eigenvalue weighted by molar-refractivity contribution is 6.62. The fourth-order valence-electron chi connectivity index (χ4n) is 11.2. The van der Waals surface area contributed by atoms with Crippen LogP contribution in [0.1, 0.15) is 52.7 Å². The van der Waals surface area contributed by atoms with E-state index in [-0.39, 0.29) is 5.41 Å². The lowest BCUT2D eigenvalue weighted by Gasteiger charge is -2.32. The van der Waals surface area contributed by atoms with E-state index in [2.05, 4.69) is 277 Å². The Hall–Kier alpha value is -7.76. The van der Waals surface area contributed by atoms with Gasteiger partial charge in [0, 0.05) is 22.4 Å². The molecule has 1 aliphatic heterocycles. The Bertz CT molecular complexity index is 3570. The maximum Gasteiger partial charge on any atom is 0.494 e. The van der Waals surface area contributed by atoms with Crippen molar-refractivity contribution < 1.29 is 9.31 Å². The van der Waals surface area contributed by atoms with E-state index in [1.165, 1.54) is 72.0 Å². The van der Waals surface area contributed by atoms with Crippen molar-refractivity contribution in [3.63, 3.8) is 0 Å². The number of benzene rings is 10. The van der Waals surface area contributed by atoms with Gasteiger partial charge >= 0.3 is 7.12 Å². The van der Waals surface area contributed by atoms with Crippen molar-refractivity contribution in [3.8, 4) is 66.8 Å². The van der Waals surface area contributed by atoms with Gasteiger partial charge in [0.2, 0.25) is 0 Å².